The van der Waals surface area contributed by atoms with Crippen molar-refractivity contribution in [2.45, 2.75) is 45.4 Å². The number of pyridine rings is 1. The second-order valence-corrected chi connectivity index (χ2v) is 8.87. The van der Waals surface area contributed by atoms with Crippen molar-refractivity contribution in [3.63, 3.8) is 0 Å². The molecule has 0 radical (unpaired) electrons. The highest BCUT2D eigenvalue weighted by atomic mass is 19.1. The fraction of sp³-hybridized carbons (Fsp3) is 0.375. The van der Waals surface area contributed by atoms with Crippen molar-refractivity contribution in [1.29, 1.82) is 5.26 Å². The van der Waals surface area contributed by atoms with Gasteiger partial charge in [-0.2, -0.15) is 5.26 Å². The molecule has 2 aromatic heterocycles. The molecule has 1 aliphatic rings. The van der Waals surface area contributed by atoms with E-state index in [0.29, 0.717) is 5.56 Å². The van der Waals surface area contributed by atoms with E-state index in [0.717, 1.165) is 43.9 Å². The maximum absolute atomic E-state index is 15.0. The number of carbonyl (C=O) groups is 1. The minimum Gasteiger partial charge on any atom is -0.370 e. The summed E-state index contributed by atoms with van der Waals surface area (Å²) in [7, 11) is 0. The molecular formula is C24H23F3N4O. The van der Waals surface area contributed by atoms with Gasteiger partial charge in [-0.05, 0) is 42.7 Å². The summed E-state index contributed by atoms with van der Waals surface area (Å²) in [5.74, 6) is -2.86. The predicted octanol–water partition coefficient (Wildman–Crippen LogP) is 5.13. The minimum atomic E-state index is -0.775. The number of aromatic amines is 1. The molecule has 3 aromatic rings. The molecule has 0 spiro atoms. The van der Waals surface area contributed by atoms with Crippen molar-refractivity contribution in [3.8, 4) is 17.3 Å². The summed E-state index contributed by atoms with van der Waals surface area (Å²) in [5, 5.41) is 9.76. The molecule has 1 fully saturated rings. The van der Waals surface area contributed by atoms with Crippen LogP contribution in [0.3, 0.4) is 0 Å². The number of benzene rings is 1. The van der Waals surface area contributed by atoms with E-state index in [9.17, 15) is 23.2 Å². The van der Waals surface area contributed by atoms with E-state index in [1.54, 1.807) is 0 Å². The number of H-pyrrole nitrogens is 1. The van der Waals surface area contributed by atoms with Crippen LogP contribution < -0.4 is 5.73 Å². The Morgan fingerprint density at radius 2 is 1.97 bits per heavy atom. The van der Waals surface area contributed by atoms with Gasteiger partial charge in [-0.25, -0.2) is 18.2 Å². The Kier molecular flexibility index (Phi) is 5.68. The van der Waals surface area contributed by atoms with Gasteiger partial charge >= 0.3 is 0 Å². The van der Waals surface area contributed by atoms with Gasteiger partial charge in [0.15, 0.2) is 0 Å². The lowest BCUT2D eigenvalue weighted by Gasteiger charge is -2.33. The van der Waals surface area contributed by atoms with Crippen LogP contribution in [0.5, 0.6) is 0 Å². The van der Waals surface area contributed by atoms with Crippen LogP contribution in [0.4, 0.5) is 13.2 Å². The number of hydrogen-bond acceptors (Lipinski definition) is 3. The van der Waals surface area contributed by atoms with Crippen molar-refractivity contribution in [2.24, 2.45) is 17.1 Å². The molecule has 0 aliphatic heterocycles. The number of amides is 1. The molecule has 1 aliphatic carbocycles. The number of carbonyl (C=O) groups excluding carboxylic acids is 1. The number of primary amides is 1. The number of rotatable bonds is 6. The van der Waals surface area contributed by atoms with E-state index in [4.69, 9.17) is 5.73 Å². The Bertz CT molecular complexity index is 1240. The molecule has 0 saturated heterocycles. The number of fused-ring (bicyclic) bond motifs is 1. The third kappa shape index (κ3) is 3.95. The average Bonchev–Trinajstić information content (AvgIpc) is 3.35. The highest BCUT2D eigenvalue weighted by Gasteiger charge is 2.38. The highest BCUT2D eigenvalue weighted by molar-refractivity contribution is 5.96. The molecule has 1 aromatic carbocycles. The van der Waals surface area contributed by atoms with E-state index in [1.165, 1.54) is 6.20 Å². The van der Waals surface area contributed by atoms with Crippen LogP contribution >= 0.6 is 0 Å². The van der Waals surface area contributed by atoms with Crippen LogP contribution in [0.15, 0.2) is 24.4 Å². The molecule has 4 rings (SSSR count). The summed E-state index contributed by atoms with van der Waals surface area (Å²) in [5.41, 5.74) is 5.88. The van der Waals surface area contributed by atoms with Gasteiger partial charge in [0.05, 0.1) is 22.5 Å². The average molecular weight is 440 g/mol. The van der Waals surface area contributed by atoms with Crippen molar-refractivity contribution in [2.75, 3.05) is 0 Å². The van der Waals surface area contributed by atoms with E-state index >= 15 is 0 Å². The first-order valence-electron chi connectivity index (χ1n) is 10.6. The molecule has 0 bridgehead atoms. The Morgan fingerprint density at radius 1 is 1.25 bits per heavy atom. The first-order chi connectivity index (χ1) is 15.2. The summed E-state index contributed by atoms with van der Waals surface area (Å²) in [6, 6.07) is 4.91. The molecule has 1 amide bonds. The lowest BCUT2D eigenvalue weighted by Crippen LogP contribution is -2.31. The van der Waals surface area contributed by atoms with Crippen LogP contribution in [0.1, 0.15) is 50.3 Å². The van der Waals surface area contributed by atoms with Crippen LogP contribution in [0.2, 0.25) is 0 Å². The van der Waals surface area contributed by atoms with Crippen molar-refractivity contribution < 1.29 is 18.0 Å². The molecule has 3 N–H and O–H groups in total. The normalized spacial score (nSPS) is 16.2. The number of aromatic nitrogens is 2. The molecule has 1 atom stereocenters. The molecule has 5 nitrogen and oxygen atoms in total. The van der Waals surface area contributed by atoms with E-state index < -0.39 is 23.4 Å². The highest BCUT2D eigenvalue weighted by Crippen LogP contribution is 2.46. The third-order valence-corrected chi connectivity index (χ3v) is 6.75. The summed E-state index contributed by atoms with van der Waals surface area (Å²) >= 11 is 0. The van der Waals surface area contributed by atoms with Gasteiger partial charge < -0.3 is 10.7 Å². The fourth-order valence-corrected chi connectivity index (χ4v) is 4.94. The molecule has 166 valence electrons. The van der Waals surface area contributed by atoms with Gasteiger partial charge in [0.2, 0.25) is 5.91 Å². The van der Waals surface area contributed by atoms with Crippen LogP contribution in [0, 0.1) is 40.1 Å². The van der Waals surface area contributed by atoms with E-state index in [1.807, 2.05) is 6.07 Å². The minimum absolute atomic E-state index is 0.0460. The number of nitrogens with zero attached hydrogens (tertiary/aromatic N) is 2. The SMILES string of the molecule is CC1(C(CC(N)=O)Cc2nc(-c3c[nH]c4c(F)cc(F)cc34)c(C#N)cc2F)CCCC1. The molecule has 1 saturated carbocycles. The third-order valence-electron chi connectivity index (χ3n) is 6.75. The molecule has 2 heterocycles. The van der Waals surface area contributed by atoms with E-state index in [-0.39, 0.29) is 52.0 Å². The predicted molar refractivity (Wildman–Crippen MR) is 114 cm³/mol. The summed E-state index contributed by atoms with van der Waals surface area (Å²) in [6.45, 7) is 2.08. The Labute approximate surface area is 183 Å². The zero-order valence-corrected chi connectivity index (χ0v) is 17.6. The second-order valence-electron chi connectivity index (χ2n) is 8.87. The first kappa shape index (κ1) is 21.9. The van der Waals surface area contributed by atoms with Crippen molar-refractivity contribution in [1.82, 2.24) is 9.97 Å². The number of nitrogens with one attached hydrogen (secondary N) is 1. The fourth-order valence-electron chi connectivity index (χ4n) is 4.94. The number of nitriles is 1. The lowest BCUT2D eigenvalue weighted by molar-refractivity contribution is -0.119. The summed E-state index contributed by atoms with van der Waals surface area (Å²) < 4.78 is 43.0. The van der Waals surface area contributed by atoms with Gasteiger partial charge in [0.1, 0.15) is 23.5 Å². The Hall–Kier alpha value is -3.34. The quantitative estimate of drug-likeness (QED) is 0.556. The summed E-state index contributed by atoms with van der Waals surface area (Å²) in [6.07, 6.45) is 5.61. The van der Waals surface area contributed by atoms with Gasteiger partial charge in [-0.1, -0.05) is 19.8 Å². The number of hydrogen-bond donors (Lipinski definition) is 2. The Balaban J connectivity index is 1.81. The van der Waals surface area contributed by atoms with Crippen molar-refractivity contribution >= 4 is 16.8 Å². The lowest BCUT2D eigenvalue weighted by atomic mass is 9.71. The number of halogens is 3. The zero-order valence-electron chi connectivity index (χ0n) is 17.6. The van der Waals surface area contributed by atoms with Crippen LogP contribution in [-0.4, -0.2) is 15.9 Å². The van der Waals surface area contributed by atoms with Crippen molar-refractivity contribution in [3.05, 3.63) is 53.1 Å². The van der Waals surface area contributed by atoms with Crippen LogP contribution in [-0.2, 0) is 11.2 Å². The molecular weight excluding hydrogens is 417 g/mol. The smallest absolute Gasteiger partial charge is 0.217 e. The molecule has 8 heteroatoms. The topological polar surface area (TPSA) is 95.6 Å². The zero-order chi connectivity index (χ0) is 23.0. The molecule has 1 unspecified atom stereocenters. The maximum atomic E-state index is 15.0. The maximum Gasteiger partial charge on any atom is 0.217 e. The van der Waals surface area contributed by atoms with E-state index in [2.05, 4.69) is 16.9 Å². The molecule has 32 heavy (non-hydrogen) atoms. The monoisotopic (exact) mass is 440 g/mol. The summed E-state index contributed by atoms with van der Waals surface area (Å²) in [4.78, 5) is 18.9. The standard InChI is InChI=1S/C24H23F3N4O/c1-24(4-2-3-5-24)14(8-21(29)32)7-20-18(26)6-13(11-28)22(31-20)17-12-30-23-16(17)9-15(25)10-19(23)27/h6,9-10,12,14,30H,2-5,7-8H2,1H3,(H2,29,32). The second kappa shape index (κ2) is 8.30. The Morgan fingerprint density at radius 3 is 2.62 bits per heavy atom. The van der Waals surface area contributed by atoms with Gasteiger partial charge in [0.25, 0.3) is 0 Å². The largest absolute Gasteiger partial charge is 0.370 e. The van der Waals surface area contributed by atoms with Gasteiger partial charge in [-0.15, -0.1) is 0 Å². The van der Waals surface area contributed by atoms with Crippen LogP contribution in [0.25, 0.3) is 22.2 Å². The van der Waals surface area contributed by atoms with Gasteiger partial charge in [-0.3, -0.25) is 4.79 Å². The first-order valence-corrected chi connectivity index (χ1v) is 10.6. The van der Waals surface area contributed by atoms with Gasteiger partial charge in [0, 0.05) is 29.6 Å². The number of nitrogens with two attached hydrogens (primary N) is 1.